The Morgan fingerprint density at radius 3 is 2.00 bits per heavy atom. The average Bonchev–Trinajstić information content (AvgIpc) is 3.13. The van der Waals surface area contributed by atoms with Gasteiger partial charge in [-0.05, 0) is 16.7 Å². The first-order valence-corrected chi connectivity index (χ1v) is 9.50. The van der Waals surface area contributed by atoms with E-state index >= 15 is 0 Å². The highest BCUT2D eigenvalue weighted by atomic mass is 16.6. The molecular formula is C24H23NO3. The molecule has 3 aromatic rings. The van der Waals surface area contributed by atoms with Gasteiger partial charge in [0.25, 0.3) is 0 Å². The second kappa shape index (κ2) is 8.28. The molecule has 1 N–H and O–H groups in total. The fraction of sp³-hybridized carbons (Fsp3) is 0.208. The van der Waals surface area contributed by atoms with E-state index < -0.39 is 6.10 Å². The third-order valence-electron chi connectivity index (χ3n) is 5.30. The number of rotatable bonds is 6. The lowest BCUT2D eigenvalue weighted by atomic mass is 9.88. The second-order valence-electron chi connectivity index (χ2n) is 7.03. The Balaban J connectivity index is 1.66. The van der Waals surface area contributed by atoms with E-state index in [9.17, 15) is 9.90 Å². The molecule has 4 heteroatoms. The molecule has 4 nitrogen and oxygen atoms in total. The van der Waals surface area contributed by atoms with Crippen LogP contribution in [-0.2, 0) is 4.74 Å². The molecule has 0 aliphatic carbocycles. The van der Waals surface area contributed by atoms with Crippen molar-refractivity contribution in [1.82, 2.24) is 4.90 Å². The summed E-state index contributed by atoms with van der Waals surface area (Å²) in [7, 11) is 0. The normalized spacial score (nSPS) is 18.5. The van der Waals surface area contributed by atoms with Crippen molar-refractivity contribution in [3.05, 3.63) is 108 Å². The molecule has 2 unspecified atom stereocenters. The molecular weight excluding hydrogens is 350 g/mol. The van der Waals surface area contributed by atoms with Crippen molar-refractivity contribution in [2.45, 2.75) is 18.1 Å². The van der Waals surface area contributed by atoms with Crippen LogP contribution in [0.25, 0.3) is 0 Å². The number of amides is 1. The van der Waals surface area contributed by atoms with Gasteiger partial charge >= 0.3 is 6.09 Å². The zero-order chi connectivity index (χ0) is 19.3. The smallest absolute Gasteiger partial charge is 0.410 e. The molecule has 3 aromatic carbocycles. The maximum absolute atomic E-state index is 12.5. The van der Waals surface area contributed by atoms with Gasteiger partial charge in [0, 0.05) is 12.5 Å². The highest BCUT2D eigenvalue weighted by Crippen LogP contribution is 2.36. The topological polar surface area (TPSA) is 49.8 Å². The van der Waals surface area contributed by atoms with Gasteiger partial charge in [0.1, 0.15) is 6.61 Å². The van der Waals surface area contributed by atoms with Gasteiger partial charge in [0.2, 0.25) is 0 Å². The predicted octanol–water partition coefficient (Wildman–Crippen LogP) is 4.70. The molecule has 28 heavy (non-hydrogen) atoms. The first kappa shape index (κ1) is 18.3. The number of ether oxygens (including phenoxy) is 1. The van der Waals surface area contributed by atoms with Crippen molar-refractivity contribution in [1.29, 1.82) is 0 Å². The highest BCUT2D eigenvalue weighted by molar-refractivity contribution is 5.70. The molecule has 3 atom stereocenters. The third-order valence-corrected chi connectivity index (χ3v) is 5.30. The van der Waals surface area contributed by atoms with E-state index in [4.69, 9.17) is 4.74 Å². The van der Waals surface area contributed by atoms with Crippen LogP contribution in [0.3, 0.4) is 0 Å². The highest BCUT2D eigenvalue weighted by Gasteiger charge is 2.37. The number of hydrogen-bond acceptors (Lipinski definition) is 3. The molecule has 0 radical (unpaired) electrons. The molecule has 4 rings (SSSR count). The Bertz CT molecular complexity index is 899. The van der Waals surface area contributed by atoms with E-state index in [1.54, 1.807) is 4.90 Å². The molecule has 1 amide bonds. The van der Waals surface area contributed by atoms with Crippen molar-refractivity contribution in [2.75, 3.05) is 13.2 Å². The lowest BCUT2D eigenvalue weighted by Gasteiger charge is -2.30. The number of aliphatic hydroxyl groups excluding tert-OH is 1. The van der Waals surface area contributed by atoms with Crippen LogP contribution in [0.2, 0.25) is 0 Å². The average molecular weight is 373 g/mol. The van der Waals surface area contributed by atoms with Crippen molar-refractivity contribution in [3.63, 3.8) is 0 Å². The van der Waals surface area contributed by atoms with Gasteiger partial charge in [0.05, 0.1) is 12.1 Å². The van der Waals surface area contributed by atoms with Gasteiger partial charge in [-0.2, -0.15) is 0 Å². The molecule has 1 saturated heterocycles. The van der Waals surface area contributed by atoms with Crippen LogP contribution in [0.1, 0.15) is 34.8 Å². The van der Waals surface area contributed by atoms with Crippen LogP contribution in [-0.4, -0.2) is 29.3 Å². The summed E-state index contributed by atoms with van der Waals surface area (Å²) < 4.78 is 5.36. The number of nitrogens with zero attached hydrogens (tertiary/aromatic N) is 1. The standard InChI is InChI=1S/C24H23NO3/c26-23(20-14-8-3-9-15-20)21(18-10-4-1-5-11-18)16-25-22(17-28-24(25)27)19-12-6-2-7-13-19/h1-15,21-23,26H,16-17H2/t21?,22-,23?/m1/s1. The van der Waals surface area contributed by atoms with E-state index in [-0.39, 0.29) is 18.1 Å². The van der Waals surface area contributed by atoms with E-state index in [1.807, 2.05) is 91.0 Å². The van der Waals surface area contributed by atoms with E-state index in [2.05, 4.69) is 0 Å². The van der Waals surface area contributed by atoms with E-state index in [1.165, 1.54) is 0 Å². The minimum atomic E-state index is -0.728. The largest absolute Gasteiger partial charge is 0.447 e. The summed E-state index contributed by atoms with van der Waals surface area (Å²) >= 11 is 0. The Labute approximate surface area is 165 Å². The summed E-state index contributed by atoms with van der Waals surface area (Å²) in [6.07, 6.45) is -1.07. The van der Waals surface area contributed by atoms with Crippen LogP contribution < -0.4 is 0 Å². The fourth-order valence-electron chi connectivity index (χ4n) is 3.79. The Morgan fingerprint density at radius 1 is 0.857 bits per heavy atom. The minimum Gasteiger partial charge on any atom is -0.447 e. The molecule has 142 valence electrons. The molecule has 1 aliphatic heterocycles. The first-order valence-electron chi connectivity index (χ1n) is 9.50. The minimum absolute atomic E-state index is 0.150. The van der Waals surface area contributed by atoms with Gasteiger partial charge in [0.15, 0.2) is 0 Å². The molecule has 0 saturated carbocycles. The molecule has 1 fully saturated rings. The molecule has 0 spiro atoms. The zero-order valence-electron chi connectivity index (χ0n) is 15.5. The molecule has 1 aliphatic rings. The molecule has 0 aromatic heterocycles. The summed E-state index contributed by atoms with van der Waals surface area (Å²) in [5.74, 6) is -0.263. The zero-order valence-corrected chi connectivity index (χ0v) is 15.5. The summed E-state index contributed by atoms with van der Waals surface area (Å²) in [4.78, 5) is 14.2. The van der Waals surface area contributed by atoms with Crippen molar-refractivity contribution >= 4 is 6.09 Å². The predicted molar refractivity (Wildman–Crippen MR) is 108 cm³/mol. The van der Waals surface area contributed by atoms with Crippen LogP contribution in [0.4, 0.5) is 4.79 Å². The maximum Gasteiger partial charge on any atom is 0.410 e. The summed E-state index contributed by atoms with van der Waals surface area (Å²) in [5.41, 5.74) is 2.86. The quantitative estimate of drug-likeness (QED) is 0.681. The first-order chi connectivity index (χ1) is 13.7. The Morgan fingerprint density at radius 2 is 1.39 bits per heavy atom. The summed E-state index contributed by atoms with van der Waals surface area (Å²) in [6, 6.07) is 29.2. The van der Waals surface area contributed by atoms with Crippen LogP contribution in [0.5, 0.6) is 0 Å². The van der Waals surface area contributed by atoms with Crippen LogP contribution in [0.15, 0.2) is 91.0 Å². The molecule has 1 heterocycles. The maximum atomic E-state index is 12.5. The van der Waals surface area contributed by atoms with Gasteiger partial charge in [-0.25, -0.2) is 4.79 Å². The van der Waals surface area contributed by atoms with E-state index in [0.29, 0.717) is 13.2 Å². The van der Waals surface area contributed by atoms with Gasteiger partial charge in [-0.3, -0.25) is 4.90 Å². The summed E-state index contributed by atoms with van der Waals surface area (Å²) in [5, 5.41) is 11.2. The second-order valence-corrected chi connectivity index (χ2v) is 7.03. The number of carbonyl (C=O) groups is 1. The number of cyclic esters (lactones) is 1. The van der Waals surface area contributed by atoms with E-state index in [0.717, 1.165) is 16.7 Å². The number of hydrogen-bond donors (Lipinski definition) is 1. The van der Waals surface area contributed by atoms with Gasteiger partial charge in [-0.1, -0.05) is 91.0 Å². The van der Waals surface area contributed by atoms with Crippen molar-refractivity contribution in [2.24, 2.45) is 0 Å². The fourth-order valence-corrected chi connectivity index (χ4v) is 3.79. The molecule has 0 bridgehead atoms. The SMILES string of the molecule is O=C1OC[C@H](c2ccccc2)N1CC(c1ccccc1)C(O)c1ccccc1. The van der Waals surface area contributed by atoms with Crippen molar-refractivity contribution in [3.8, 4) is 0 Å². The number of benzene rings is 3. The van der Waals surface area contributed by atoms with Crippen LogP contribution in [0, 0.1) is 0 Å². The monoisotopic (exact) mass is 373 g/mol. The number of aliphatic hydroxyl groups is 1. The lowest BCUT2D eigenvalue weighted by Crippen LogP contribution is -2.34. The van der Waals surface area contributed by atoms with Gasteiger partial charge in [-0.15, -0.1) is 0 Å². The number of carbonyl (C=O) groups excluding carboxylic acids is 1. The van der Waals surface area contributed by atoms with Crippen molar-refractivity contribution < 1.29 is 14.6 Å². The lowest BCUT2D eigenvalue weighted by molar-refractivity contribution is 0.114. The Kier molecular flexibility index (Phi) is 5.40. The summed E-state index contributed by atoms with van der Waals surface area (Å²) in [6.45, 7) is 0.699. The third kappa shape index (κ3) is 3.78. The van der Waals surface area contributed by atoms with Gasteiger partial charge < -0.3 is 9.84 Å². The van der Waals surface area contributed by atoms with Crippen LogP contribution >= 0.6 is 0 Å². The Hall–Kier alpha value is -3.11.